The minimum absolute atomic E-state index is 0.315. The number of nitrogens with zero attached hydrogens (tertiary/aromatic N) is 3. The summed E-state index contributed by atoms with van der Waals surface area (Å²) in [6.45, 7) is 1.56. The van der Waals surface area contributed by atoms with Crippen LogP contribution >= 0.6 is 0 Å². The first kappa shape index (κ1) is 7.46. The smallest absolute Gasteiger partial charge is 0.208 e. The van der Waals surface area contributed by atoms with Gasteiger partial charge in [-0.15, -0.1) is 0 Å². The summed E-state index contributed by atoms with van der Waals surface area (Å²) in [6, 6.07) is 0. The maximum atomic E-state index is 10.7. The number of hydrogen-bond acceptors (Lipinski definition) is 4. The maximum absolute atomic E-state index is 10.7. The Morgan fingerprint density at radius 2 is 2.55 bits per heavy atom. The third-order valence-electron chi connectivity index (χ3n) is 1.20. The first-order valence-electron chi connectivity index (χ1n) is 2.98. The van der Waals surface area contributed by atoms with Gasteiger partial charge in [0.1, 0.15) is 5.71 Å². The second kappa shape index (κ2) is 2.96. The fourth-order valence-corrected chi connectivity index (χ4v) is 0.614. The van der Waals surface area contributed by atoms with E-state index in [2.05, 4.69) is 10.1 Å². The zero-order valence-electron chi connectivity index (χ0n) is 5.93. The molecule has 0 atom stereocenters. The zero-order valence-corrected chi connectivity index (χ0v) is 5.93. The molecule has 0 saturated heterocycles. The molecule has 0 spiro atoms. The fourth-order valence-electron chi connectivity index (χ4n) is 0.614. The van der Waals surface area contributed by atoms with Crippen LogP contribution in [0.3, 0.4) is 0 Å². The second-order valence-corrected chi connectivity index (χ2v) is 1.99. The Kier molecular flexibility index (Phi) is 2.00. The van der Waals surface area contributed by atoms with E-state index in [-0.39, 0.29) is 0 Å². The van der Waals surface area contributed by atoms with Crippen LogP contribution in [0.1, 0.15) is 12.6 Å². The molecule has 5 heteroatoms. The number of hydrogen-bond donors (Lipinski definition) is 1. The molecule has 0 aromatic carbocycles. The minimum Gasteiger partial charge on any atom is -0.619 e. The van der Waals surface area contributed by atoms with Crippen LogP contribution in [0.2, 0.25) is 0 Å². The van der Waals surface area contributed by atoms with Gasteiger partial charge in [0.15, 0.2) is 11.9 Å². The molecule has 0 fully saturated rings. The molecule has 1 rings (SSSR count). The lowest BCUT2D eigenvalue weighted by Crippen LogP contribution is -2.26. The van der Waals surface area contributed by atoms with Crippen molar-refractivity contribution in [1.29, 1.82) is 0 Å². The predicted molar refractivity (Wildman–Crippen MR) is 37.2 cm³/mol. The molecule has 0 radical (unpaired) electrons. The van der Waals surface area contributed by atoms with Crippen LogP contribution < -0.4 is 4.73 Å². The van der Waals surface area contributed by atoms with Crippen molar-refractivity contribution in [3.05, 3.63) is 29.5 Å². The van der Waals surface area contributed by atoms with Gasteiger partial charge in [-0.1, -0.05) is 5.16 Å². The normalized spacial score (nSPS) is 11.5. The number of oxime groups is 1. The van der Waals surface area contributed by atoms with Gasteiger partial charge < -0.3 is 10.4 Å². The first-order valence-corrected chi connectivity index (χ1v) is 2.98. The lowest BCUT2D eigenvalue weighted by Gasteiger charge is -1.96. The van der Waals surface area contributed by atoms with E-state index in [0.717, 1.165) is 0 Å². The Morgan fingerprint density at radius 3 is 3.09 bits per heavy atom. The Morgan fingerprint density at radius 1 is 1.82 bits per heavy atom. The summed E-state index contributed by atoms with van der Waals surface area (Å²) in [5.41, 5.74) is 0.681. The van der Waals surface area contributed by atoms with Gasteiger partial charge in [0.2, 0.25) is 6.20 Å². The van der Waals surface area contributed by atoms with Crippen LogP contribution in [0.4, 0.5) is 0 Å². The summed E-state index contributed by atoms with van der Waals surface area (Å²) in [5.74, 6) is 0. The highest BCUT2D eigenvalue weighted by atomic mass is 16.5. The molecule has 0 unspecified atom stereocenters. The van der Waals surface area contributed by atoms with E-state index in [9.17, 15) is 5.21 Å². The summed E-state index contributed by atoms with van der Waals surface area (Å²) < 4.78 is 0.594. The number of aromatic nitrogens is 2. The fraction of sp³-hybridized carbons (Fsp3) is 0.167. The molecule has 0 amide bonds. The van der Waals surface area contributed by atoms with Crippen LogP contribution in [0.5, 0.6) is 0 Å². The lowest BCUT2D eigenvalue weighted by molar-refractivity contribution is -0.606. The third kappa shape index (κ3) is 1.64. The van der Waals surface area contributed by atoms with E-state index in [1.807, 2.05) is 0 Å². The van der Waals surface area contributed by atoms with Gasteiger partial charge in [-0.2, -0.15) is 4.73 Å². The molecule has 11 heavy (non-hydrogen) atoms. The molecule has 1 aromatic heterocycles. The Balaban J connectivity index is 3.06. The van der Waals surface area contributed by atoms with Crippen LogP contribution in [0.15, 0.2) is 23.7 Å². The zero-order chi connectivity index (χ0) is 8.27. The SMILES string of the molecule is C/C(=N\O)c1c[n+]([O-])ccn1. The summed E-state index contributed by atoms with van der Waals surface area (Å²) in [6.07, 6.45) is 3.83. The summed E-state index contributed by atoms with van der Waals surface area (Å²) in [5, 5.41) is 21.9. The van der Waals surface area contributed by atoms with Gasteiger partial charge in [-0.05, 0) is 6.92 Å². The van der Waals surface area contributed by atoms with Crippen molar-refractivity contribution in [3.8, 4) is 0 Å². The standard InChI is InChI=1S/C6H7N3O2/c1-5(8-10)6-4-9(11)3-2-7-6/h2-4,10H,1H3/b8-5+. The summed E-state index contributed by atoms with van der Waals surface area (Å²) >= 11 is 0. The van der Waals surface area contributed by atoms with Crippen molar-refractivity contribution >= 4 is 5.71 Å². The average molecular weight is 153 g/mol. The molecule has 0 aliphatic rings. The van der Waals surface area contributed by atoms with Crippen LogP contribution in [-0.4, -0.2) is 15.9 Å². The van der Waals surface area contributed by atoms with Crippen LogP contribution in [-0.2, 0) is 0 Å². The number of rotatable bonds is 1. The predicted octanol–water partition coefficient (Wildman–Crippen LogP) is -0.0868. The molecule has 0 bridgehead atoms. The molecule has 1 N–H and O–H groups in total. The molecule has 5 nitrogen and oxygen atoms in total. The van der Waals surface area contributed by atoms with Gasteiger partial charge in [0.25, 0.3) is 0 Å². The van der Waals surface area contributed by atoms with Crippen molar-refractivity contribution in [2.75, 3.05) is 0 Å². The minimum atomic E-state index is 0.315. The quantitative estimate of drug-likeness (QED) is 0.201. The van der Waals surface area contributed by atoms with Crippen LogP contribution in [0.25, 0.3) is 0 Å². The highest BCUT2D eigenvalue weighted by molar-refractivity contribution is 5.95. The molecular weight excluding hydrogens is 146 g/mol. The van der Waals surface area contributed by atoms with Crippen molar-refractivity contribution in [2.45, 2.75) is 6.92 Å². The third-order valence-corrected chi connectivity index (χ3v) is 1.20. The Hall–Kier alpha value is -1.65. The monoisotopic (exact) mass is 153 g/mol. The van der Waals surface area contributed by atoms with Gasteiger partial charge in [-0.3, -0.25) is 0 Å². The van der Waals surface area contributed by atoms with Crippen LogP contribution in [0, 0.1) is 5.21 Å². The second-order valence-electron chi connectivity index (χ2n) is 1.99. The van der Waals surface area contributed by atoms with Crippen molar-refractivity contribution in [2.24, 2.45) is 5.16 Å². The largest absolute Gasteiger partial charge is 0.619 e. The Labute approximate surface area is 63.2 Å². The highest BCUT2D eigenvalue weighted by Gasteiger charge is 2.01. The molecule has 0 saturated carbocycles. The first-order chi connectivity index (χ1) is 5.24. The van der Waals surface area contributed by atoms with Crippen molar-refractivity contribution < 1.29 is 9.94 Å². The lowest BCUT2D eigenvalue weighted by atomic mass is 10.3. The summed E-state index contributed by atoms with van der Waals surface area (Å²) in [4.78, 5) is 3.80. The Bertz CT molecular complexity index is 285. The van der Waals surface area contributed by atoms with Gasteiger partial charge in [0, 0.05) is 0 Å². The van der Waals surface area contributed by atoms with Gasteiger partial charge >= 0.3 is 0 Å². The van der Waals surface area contributed by atoms with Gasteiger partial charge in [0.05, 0.1) is 6.20 Å². The molecule has 1 heterocycles. The topological polar surface area (TPSA) is 72.4 Å². The van der Waals surface area contributed by atoms with Crippen molar-refractivity contribution in [3.63, 3.8) is 0 Å². The van der Waals surface area contributed by atoms with E-state index in [4.69, 9.17) is 5.21 Å². The highest BCUT2D eigenvalue weighted by Crippen LogP contribution is 1.90. The maximum Gasteiger partial charge on any atom is 0.208 e. The van der Waals surface area contributed by atoms with E-state index < -0.39 is 0 Å². The molecule has 0 aliphatic carbocycles. The summed E-state index contributed by atoms with van der Waals surface area (Å²) in [7, 11) is 0. The molecular formula is C6H7N3O2. The molecule has 0 aliphatic heterocycles. The molecule has 1 aromatic rings. The van der Waals surface area contributed by atoms with Crippen molar-refractivity contribution in [1.82, 2.24) is 4.98 Å². The van der Waals surface area contributed by atoms with Gasteiger partial charge in [-0.25, -0.2) is 4.98 Å². The van der Waals surface area contributed by atoms with E-state index in [1.165, 1.54) is 18.6 Å². The van der Waals surface area contributed by atoms with E-state index in [1.54, 1.807) is 6.92 Å². The molecule has 58 valence electrons. The average Bonchev–Trinajstić information content (AvgIpc) is 2.03. The van der Waals surface area contributed by atoms with E-state index in [0.29, 0.717) is 16.1 Å². The van der Waals surface area contributed by atoms with E-state index >= 15 is 0 Å².